The zero-order valence-electron chi connectivity index (χ0n) is 9.19. The summed E-state index contributed by atoms with van der Waals surface area (Å²) in [5, 5.41) is 0.247. The topological polar surface area (TPSA) is 35.0 Å². The molecule has 92 valence electrons. The molecule has 0 radical (unpaired) electrons. The number of aromatic nitrogens is 2. The number of rotatable bonds is 2. The van der Waals surface area contributed by atoms with Crippen LogP contribution in [-0.4, -0.2) is 15.7 Å². The predicted octanol–water partition coefficient (Wildman–Crippen LogP) is 4.18. The zero-order chi connectivity index (χ0) is 12.5. The second kappa shape index (κ2) is 5.22. The van der Waals surface area contributed by atoms with E-state index in [0.717, 1.165) is 32.1 Å². The minimum atomic E-state index is 0.247. The fourth-order valence-electron chi connectivity index (χ4n) is 1.72. The van der Waals surface area contributed by atoms with Crippen LogP contribution < -0.4 is 4.74 Å². The molecule has 1 aromatic carbocycles. The third-order valence-electron chi connectivity index (χ3n) is 2.47. The maximum absolute atomic E-state index is 5.91. The van der Waals surface area contributed by atoms with Gasteiger partial charge in [0.1, 0.15) is 5.75 Å². The van der Waals surface area contributed by atoms with Gasteiger partial charge >= 0.3 is 0 Å². The minimum absolute atomic E-state index is 0.247. The smallest absolute Gasteiger partial charge is 0.237 e. The quantitative estimate of drug-likeness (QED) is 0.569. The van der Waals surface area contributed by atoms with Crippen molar-refractivity contribution in [3.8, 4) is 11.6 Å². The van der Waals surface area contributed by atoms with Crippen molar-refractivity contribution in [2.75, 3.05) is 5.75 Å². The SMILES string of the molecule is Clc1nc2c(c(Oc3cccc(I)c3)n1)SCC2. The van der Waals surface area contributed by atoms with Gasteiger partial charge in [0, 0.05) is 15.7 Å². The first-order valence-corrected chi connectivity index (χ1v) is 7.79. The van der Waals surface area contributed by atoms with Gasteiger partial charge < -0.3 is 4.74 Å². The van der Waals surface area contributed by atoms with Gasteiger partial charge in [-0.1, -0.05) is 6.07 Å². The summed E-state index contributed by atoms with van der Waals surface area (Å²) >= 11 is 9.88. The maximum atomic E-state index is 5.91. The number of ether oxygens (including phenoxy) is 1. The lowest BCUT2D eigenvalue weighted by Crippen LogP contribution is -1.96. The lowest BCUT2D eigenvalue weighted by molar-refractivity contribution is 0.447. The Bertz CT molecular complexity index is 609. The monoisotopic (exact) mass is 390 g/mol. The van der Waals surface area contributed by atoms with E-state index in [1.165, 1.54) is 0 Å². The van der Waals surface area contributed by atoms with Crippen LogP contribution >= 0.6 is 46.0 Å². The summed E-state index contributed by atoms with van der Waals surface area (Å²) in [4.78, 5) is 9.42. The van der Waals surface area contributed by atoms with E-state index < -0.39 is 0 Å². The van der Waals surface area contributed by atoms with E-state index >= 15 is 0 Å². The molecule has 0 atom stereocenters. The Morgan fingerprint density at radius 3 is 3.06 bits per heavy atom. The third-order valence-corrected chi connectivity index (χ3v) is 4.42. The first kappa shape index (κ1) is 12.5. The summed E-state index contributed by atoms with van der Waals surface area (Å²) in [6.07, 6.45) is 0.922. The van der Waals surface area contributed by atoms with Crippen molar-refractivity contribution in [1.29, 1.82) is 0 Å². The second-order valence-corrected chi connectivity index (χ2v) is 6.42. The third kappa shape index (κ3) is 2.57. The zero-order valence-corrected chi connectivity index (χ0v) is 12.9. The molecule has 3 rings (SSSR count). The fraction of sp³-hybridized carbons (Fsp3) is 0.167. The molecular formula is C12H8ClIN2OS. The van der Waals surface area contributed by atoms with Crippen LogP contribution in [0.2, 0.25) is 5.28 Å². The van der Waals surface area contributed by atoms with Gasteiger partial charge in [-0.2, -0.15) is 4.98 Å². The van der Waals surface area contributed by atoms with E-state index in [1.807, 2.05) is 24.3 Å². The van der Waals surface area contributed by atoms with Gasteiger partial charge in [0.15, 0.2) is 0 Å². The van der Waals surface area contributed by atoms with E-state index in [1.54, 1.807) is 11.8 Å². The van der Waals surface area contributed by atoms with Crippen molar-refractivity contribution in [3.05, 3.63) is 38.8 Å². The Morgan fingerprint density at radius 2 is 2.22 bits per heavy atom. The molecule has 1 aliphatic rings. The van der Waals surface area contributed by atoms with Gasteiger partial charge in [-0.15, -0.1) is 11.8 Å². The highest BCUT2D eigenvalue weighted by Gasteiger charge is 2.21. The average molecular weight is 391 g/mol. The molecule has 1 aromatic heterocycles. The normalized spacial score (nSPS) is 13.4. The van der Waals surface area contributed by atoms with Crippen molar-refractivity contribution >= 4 is 46.0 Å². The molecule has 0 fully saturated rings. The average Bonchev–Trinajstić information content (AvgIpc) is 2.77. The molecule has 1 aliphatic heterocycles. The van der Waals surface area contributed by atoms with Crippen molar-refractivity contribution in [3.63, 3.8) is 0 Å². The lowest BCUT2D eigenvalue weighted by Gasteiger charge is -2.08. The number of benzene rings is 1. The molecule has 2 heterocycles. The maximum Gasteiger partial charge on any atom is 0.237 e. The molecule has 18 heavy (non-hydrogen) atoms. The number of halogens is 2. The van der Waals surface area contributed by atoms with E-state index in [-0.39, 0.29) is 5.28 Å². The summed E-state index contributed by atoms with van der Waals surface area (Å²) in [5.74, 6) is 2.34. The first-order chi connectivity index (χ1) is 8.72. The van der Waals surface area contributed by atoms with Gasteiger partial charge in [-0.05, 0) is 52.4 Å². The number of thioether (sulfide) groups is 1. The highest BCUT2D eigenvalue weighted by molar-refractivity contribution is 14.1. The summed E-state index contributed by atoms with van der Waals surface area (Å²) in [5.41, 5.74) is 0.987. The van der Waals surface area contributed by atoms with Gasteiger partial charge in [0.25, 0.3) is 0 Å². The van der Waals surface area contributed by atoms with E-state index in [4.69, 9.17) is 16.3 Å². The largest absolute Gasteiger partial charge is 0.438 e. The molecule has 0 unspecified atom stereocenters. The summed E-state index contributed by atoms with van der Waals surface area (Å²) < 4.78 is 6.94. The molecule has 0 amide bonds. The van der Waals surface area contributed by atoms with Crippen molar-refractivity contribution < 1.29 is 4.74 Å². The molecule has 0 saturated heterocycles. The summed E-state index contributed by atoms with van der Waals surface area (Å²) in [6, 6.07) is 7.83. The van der Waals surface area contributed by atoms with E-state index in [9.17, 15) is 0 Å². The second-order valence-electron chi connectivity index (χ2n) is 3.73. The highest BCUT2D eigenvalue weighted by atomic mass is 127. The number of hydrogen-bond acceptors (Lipinski definition) is 4. The molecule has 0 spiro atoms. The standard InChI is InChI=1S/C12H8ClIN2OS/c13-12-15-9-4-5-18-10(9)11(16-12)17-8-3-1-2-7(14)6-8/h1-3,6H,4-5H2. The van der Waals surface area contributed by atoms with Crippen LogP contribution in [0, 0.1) is 3.57 Å². The van der Waals surface area contributed by atoms with Crippen LogP contribution in [0.15, 0.2) is 29.2 Å². The van der Waals surface area contributed by atoms with Crippen molar-refractivity contribution in [2.45, 2.75) is 11.3 Å². The first-order valence-electron chi connectivity index (χ1n) is 5.35. The Labute approximate surface area is 127 Å². The summed E-state index contributed by atoms with van der Waals surface area (Å²) in [6.45, 7) is 0. The van der Waals surface area contributed by atoms with Crippen LogP contribution in [0.25, 0.3) is 0 Å². The van der Waals surface area contributed by atoms with Gasteiger partial charge in [-0.3, -0.25) is 0 Å². The Balaban J connectivity index is 1.98. The van der Waals surface area contributed by atoms with Crippen LogP contribution in [0.5, 0.6) is 11.6 Å². The minimum Gasteiger partial charge on any atom is -0.438 e. The lowest BCUT2D eigenvalue weighted by atomic mass is 10.3. The fourth-order valence-corrected chi connectivity index (χ4v) is 3.44. The number of fused-ring (bicyclic) bond motifs is 1. The Hall–Kier alpha value is -0.530. The predicted molar refractivity (Wildman–Crippen MR) is 80.7 cm³/mol. The molecular weight excluding hydrogens is 383 g/mol. The molecule has 3 nitrogen and oxygen atoms in total. The van der Waals surface area contributed by atoms with Gasteiger partial charge in [-0.25, -0.2) is 4.98 Å². The molecule has 2 aromatic rings. The molecule has 0 saturated carbocycles. The van der Waals surface area contributed by atoms with Crippen LogP contribution in [0.1, 0.15) is 5.69 Å². The highest BCUT2D eigenvalue weighted by Crippen LogP contribution is 2.39. The molecule has 0 bridgehead atoms. The van der Waals surface area contributed by atoms with E-state index in [0.29, 0.717) is 5.88 Å². The van der Waals surface area contributed by atoms with E-state index in [2.05, 4.69) is 32.6 Å². The number of nitrogens with zero attached hydrogens (tertiary/aromatic N) is 2. The van der Waals surface area contributed by atoms with Gasteiger partial charge in [0.05, 0.1) is 10.6 Å². The molecule has 0 N–H and O–H groups in total. The van der Waals surface area contributed by atoms with Crippen LogP contribution in [0.4, 0.5) is 0 Å². The summed E-state index contributed by atoms with van der Waals surface area (Å²) in [7, 11) is 0. The van der Waals surface area contributed by atoms with Crippen LogP contribution in [-0.2, 0) is 6.42 Å². The Morgan fingerprint density at radius 1 is 1.33 bits per heavy atom. The van der Waals surface area contributed by atoms with Crippen molar-refractivity contribution in [2.24, 2.45) is 0 Å². The number of hydrogen-bond donors (Lipinski definition) is 0. The van der Waals surface area contributed by atoms with Crippen LogP contribution in [0.3, 0.4) is 0 Å². The number of aryl methyl sites for hydroxylation is 1. The Kier molecular flexibility index (Phi) is 3.63. The van der Waals surface area contributed by atoms with Gasteiger partial charge in [0.2, 0.25) is 11.2 Å². The molecule has 0 aliphatic carbocycles. The molecule has 6 heteroatoms. The van der Waals surface area contributed by atoms with Crippen molar-refractivity contribution in [1.82, 2.24) is 9.97 Å².